The molecule has 1 saturated heterocycles. The lowest BCUT2D eigenvalue weighted by Gasteiger charge is -2.38. The molecule has 2 nitrogen and oxygen atoms in total. The van der Waals surface area contributed by atoms with Gasteiger partial charge in [-0.1, -0.05) is 41.9 Å². The summed E-state index contributed by atoms with van der Waals surface area (Å²) < 4.78 is 6.80. The van der Waals surface area contributed by atoms with Crippen molar-refractivity contribution in [3.8, 4) is 0 Å². The van der Waals surface area contributed by atoms with Crippen molar-refractivity contribution in [1.29, 1.82) is 0 Å². The van der Waals surface area contributed by atoms with E-state index in [1.165, 1.54) is 5.56 Å². The molecule has 1 heterocycles. The van der Waals surface area contributed by atoms with E-state index >= 15 is 0 Å². The van der Waals surface area contributed by atoms with Gasteiger partial charge in [0.25, 0.3) is 0 Å². The van der Waals surface area contributed by atoms with Gasteiger partial charge >= 0.3 is 0 Å². The van der Waals surface area contributed by atoms with Crippen molar-refractivity contribution < 1.29 is 9.84 Å². The molecule has 1 aromatic carbocycles. The average molecular weight is 313 g/mol. The zero-order valence-corrected chi connectivity index (χ0v) is 12.6. The van der Waals surface area contributed by atoms with Crippen molar-refractivity contribution in [2.75, 3.05) is 6.61 Å². The maximum atomic E-state index is 10.7. The zero-order chi connectivity index (χ0) is 13.2. The molecular weight excluding hydrogens is 292 g/mol. The minimum atomic E-state index is -0.610. The Labute approximate surface area is 117 Å². The van der Waals surface area contributed by atoms with Gasteiger partial charge in [-0.3, -0.25) is 0 Å². The van der Waals surface area contributed by atoms with Crippen LogP contribution in [-0.4, -0.2) is 23.4 Å². The van der Waals surface area contributed by atoms with Crippen LogP contribution < -0.4 is 0 Å². The SMILES string of the molecule is CC(C)C1CC(O)(Cc2ccc(Br)cc2)CCO1. The van der Waals surface area contributed by atoms with Crippen molar-refractivity contribution >= 4 is 15.9 Å². The Morgan fingerprint density at radius 3 is 2.67 bits per heavy atom. The van der Waals surface area contributed by atoms with Gasteiger partial charge < -0.3 is 9.84 Å². The average Bonchev–Trinajstić information content (AvgIpc) is 2.32. The van der Waals surface area contributed by atoms with Crippen LogP contribution in [0, 0.1) is 5.92 Å². The Balaban J connectivity index is 2.04. The number of aliphatic hydroxyl groups is 1. The highest BCUT2D eigenvalue weighted by atomic mass is 79.9. The third-order valence-electron chi connectivity index (χ3n) is 3.67. The van der Waals surface area contributed by atoms with Gasteiger partial charge in [-0.15, -0.1) is 0 Å². The van der Waals surface area contributed by atoms with E-state index in [1.807, 2.05) is 12.1 Å². The molecule has 2 unspecified atom stereocenters. The molecule has 1 N–H and O–H groups in total. The van der Waals surface area contributed by atoms with Crippen LogP contribution in [0.25, 0.3) is 0 Å². The molecule has 0 aliphatic carbocycles. The summed E-state index contributed by atoms with van der Waals surface area (Å²) in [5.74, 6) is 0.460. The number of rotatable bonds is 3. The number of hydrogen-bond acceptors (Lipinski definition) is 2. The van der Waals surface area contributed by atoms with Crippen LogP contribution in [0.5, 0.6) is 0 Å². The molecule has 18 heavy (non-hydrogen) atoms. The van der Waals surface area contributed by atoms with Crippen molar-refractivity contribution in [2.24, 2.45) is 5.92 Å². The predicted octanol–water partition coefficient (Wildman–Crippen LogP) is 3.56. The molecule has 0 radical (unpaired) electrons. The Morgan fingerprint density at radius 2 is 2.06 bits per heavy atom. The third kappa shape index (κ3) is 3.56. The summed E-state index contributed by atoms with van der Waals surface area (Å²) in [7, 11) is 0. The first kappa shape index (κ1) is 14.0. The van der Waals surface area contributed by atoms with E-state index in [-0.39, 0.29) is 6.10 Å². The summed E-state index contributed by atoms with van der Waals surface area (Å²) in [6.45, 7) is 4.96. The topological polar surface area (TPSA) is 29.5 Å². The van der Waals surface area contributed by atoms with Gasteiger partial charge in [0, 0.05) is 23.9 Å². The highest BCUT2D eigenvalue weighted by Gasteiger charge is 2.36. The second-order valence-corrected chi connectivity index (χ2v) is 6.55. The van der Waals surface area contributed by atoms with Crippen LogP contribution in [0.3, 0.4) is 0 Å². The van der Waals surface area contributed by atoms with Crippen molar-refractivity contribution in [2.45, 2.75) is 44.8 Å². The molecule has 0 saturated carbocycles. The van der Waals surface area contributed by atoms with Crippen LogP contribution >= 0.6 is 15.9 Å². The number of benzene rings is 1. The standard InChI is InChI=1S/C15H21BrO2/c1-11(2)14-10-15(17,7-8-18-14)9-12-3-5-13(16)6-4-12/h3-6,11,14,17H,7-10H2,1-2H3. The molecule has 0 bridgehead atoms. The largest absolute Gasteiger partial charge is 0.389 e. The van der Waals surface area contributed by atoms with Crippen LogP contribution in [0.15, 0.2) is 28.7 Å². The van der Waals surface area contributed by atoms with Crippen LogP contribution in [0.1, 0.15) is 32.3 Å². The Kier molecular flexibility index (Phi) is 4.46. The van der Waals surface area contributed by atoms with Crippen molar-refractivity contribution in [3.63, 3.8) is 0 Å². The molecule has 1 aliphatic heterocycles. The van der Waals surface area contributed by atoms with E-state index in [0.29, 0.717) is 18.9 Å². The van der Waals surface area contributed by atoms with Gasteiger partial charge in [-0.05, 0) is 30.0 Å². The molecule has 2 atom stereocenters. The fourth-order valence-electron chi connectivity index (χ4n) is 2.51. The smallest absolute Gasteiger partial charge is 0.0734 e. The Hall–Kier alpha value is -0.380. The maximum Gasteiger partial charge on any atom is 0.0734 e. The maximum absolute atomic E-state index is 10.7. The lowest BCUT2D eigenvalue weighted by atomic mass is 9.82. The highest BCUT2D eigenvalue weighted by molar-refractivity contribution is 9.10. The Bertz CT molecular complexity index is 388. The molecule has 1 fully saturated rings. The van der Waals surface area contributed by atoms with Gasteiger partial charge in [0.05, 0.1) is 11.7 Å². The summed E-state index contributed by atoms with van der Waals surface area (Å²) in [5, 5.41) is 10.7. The highest BCUT2D eigenvalue weighted by Crippen LogP contribution is 2.31. The number of hydrogen-bond donors (Lipinski definition) is 1. The van der Waals surface area contributed by atoms with E-state index in [4.69, 9.17) is 4.74 Å². The molecule has 1 aromatic rings. The fourth-order valence-corrected chi connectivity index (χ4v) is 2.77. The summed E-state index contributed by atoms with van der Waals surface area (Å²) in [4.78, 5) is 0. The Morgan fingerprint density at radius 1 is 1.39 bits per heavy atom. The fraction of sp³-hybridized carbons (Fsp3) is 0.600. The summed E-state index contributed by atoms with van der Waals surface area (Å²) in [5.41, 5.74) is 0.575. The molecule has 0 aromatic heterocycles. The summed E-state index contributed by atoms with van der Waals surface area (Å²) >= 11 is 3.43. The van der Waals surface area contributed by atoms with E-state index in [9.17, 15) is 5.11 Å². The second-order valence-electron chi connectivity index (χ2n) is 5.63. The van der Waals surface area contributed by atoms with Gasteiger partial charge in [0.1, 0.15) is 0 Å². The first-order valence-electron chi connectivity index (χ1n) is 6.57. The molecule has 3 heteroatoms. The summed E-state index contributed by atoms with van der Waals surface area (Å²) in [6, 6.07) is 8.19. The monoisotopic (exact) mass is 312 g/mol. The van der Waals surface area contributed by atoms with E-state index in [2.05, 4.69) is 41.9 Å². The van der Waals surface area contributed by atoms with Gasteiger partial charge in [0.15, 0.2) is 0 Å². The van der Waals surface area contributed by atoms with E-state index < -0.39 is 5.60 Å². The third-order valence-corrected chi connectivity index (χ3v) is 4.20. The van der Waals surface area contributed by atoms with Gasteiger partial charge in [-0.2, -0.15) is 0 Å². The minimum Gasteiger partial charge on any atom is -0.389 e. The quantitative estimate of drug-likeness (QED) is 0.924. The minimum absolute atomic E-state index is 0.180. The molecule has 0 amide bonds. The first-order chi connectivity index (χ1) is 8.48. The van der Waals surface area contributed by atoms with Crippen molar-refractivity contribution in [1.82, 2.24) is 0 Å². The van der Waals surface area contributed by atoms with Crippen LogP contribution in [-0.2, 0) is 11.2 Å². The lowest BCUT2D eigenvalue weighted by molar-refractivity contribution is -0.116. The number of halogens is 1. The van der Waals surface area contributed by atoms with Crippen molar-refractivity contribution in [3.05, 3.63) is 34.3 Å². The molecule has 1 aliphatic rings. The summed E-state index contributed by atoms with van der Waals surface area (Å²) in [6.07, 6.45) is 2.36. The molecular formula is C15H21BrO2. The van der Waals surface area contributed by atoms with E-state index in [1.54, 1.807) is 0 Å². The molecule has 2 rings (SSSR count). The van der Waals surface area contributed by atoms with Gasteiger partial charge in [-0.25, -0.2) is 0 Å². The predicted molar refractivity (Wildman–Crippen MR) is 76.6 cm³/mol. The zero-order valence-electron chi connectivity index (χ0n) is 11.0. The lowest BCUT2D eigenvalue weighted by Crippen LogP contribution is -2.44. The van der Waals surface area contributed by atoms with Crippen LogP contribution in [0.2, 0.25) is 0 Å². The number of ether oxygens (including phenoxy) is 1. The molecule has 0 spiro atoms. The van der Waals surface area contributed by atoms with Gasteiger partial charge in [0.2, 0.25) is 0 Å². The first-order valence-corrected chi connectivity index (χ1v) is 7.36. The van der Waals surface area contributed by atoms with Crippen LogP contribution in [0.4, 0.5) is 0 Å². The van der Waals surface area contributed by atoms with E-state index in [0.717, 1.165) is 17.3 Å². The molecule has 100 valence electrons. The second kappa shape index (κ2) is 5.72. The normalized spacial score (nSPS) is 28.6.